The maximum atomic E-state index is 11.8. The zero-order chi connectivity index (χ0) is 13.1. The van der Waals surface area contributed by atoms with Crippen molar-refractivity contribution >= 4 is 52.0 Å². The number of quaternary nitrogens is 1. The first kappa shape index (κ1) is 15.1. The van der Waals surface area contributed by atoms with Gasteiger partial charge in [0, 0.05) is 0 Å². The third-order valence-electron chi connectivity index (χ3n) is 1.96. The molecule has 17 heavy (non-hydrogen) atoms. The summed E-state index contributed by atoms with van der Waals surface area (Å²) in [6.45, 7) is 3.92. The van der Waals surface area contributed by atoms with Crippen LogP contribution in [0.3, 0.4) is 0 Å². The maximum absolute atomic E-state index is 11.8. The van der Waals surface area contributed by atoms with E-state index in [1.54, 1.807) is 17.4 Å². The zero-order valence-corrected chi connectivity index (χ0v) is 12.5. The molecule has 0 aliphatic rings. The van der Waals surface area contributed by atoms with Crippen molar-refractivity contribution in [3.63, 3.8) is 0 Å². The van der Waals surface area contributed by atoms with Crippen LogP contribution < -0.4 is 10.6 Å². The molecule has 0 saturated heterocycles. The molecule has 0 fully saturated rings. The highest BCUT2D eigenvalue weighted by Gasteiger charge is 2.38. The number of alkyl halides is 3. The van der Waals surface area contributed by atoms with Crippen molar-refractivity contribution in [1.29, 1.82) is 0 Å². The lowest BCUT2D eigenvalue weighted by Crippen LogP contribution is -2.99. The molecule has 1 rings (SSSR count). The standard InChI is InChI=1S/C10H13Cl3N2OS/c1-6(2)14-9(10(11,12)13)15-8(16)7-4-3-5-17-7/h3-6,9,14H,1-2H3,(H,15,16)/p+1/t9-/m1/s1. The molecule has 96 valence electrons. The topological polar surface area (TPSA) is 45.7 Å². The van der Waals surface area contributed by atoms with Crippen molar-refractivity contribution < 1.29 is 10.1 Å². The van der Waals surface area contributed by atoms with Gasteiger partial charge in [-0.05, 0) is 25.3 Å². The first-order valence-corrected chi connectivity index (χ1v) is 7.08. The Morgan fingerprint density at radius 3 is 2.53 bits per heavy atom. The van der Waals surface area contributed by atoms with Gasteiger partial charge in [0.1, 0.15) is 0 Å². The molecule has 0 bridgehead atoms. The van der Waals surface area contributed by atoms with E-state index in [9.17, 15) is 4.79 Å². The van der Waals surface area contributed by atoms with Crippen LogP contribution in [-0.4, -0.2) is 21.9 Å². The lowest BCUT2D eigenvalue weighted by Gasteiger charge is -2.24. The molecule has 3 N–H and O–H groups in total. The van der Waals surface area contributed by atoms with Crippen LogP contribution in [0.15, 0.2) is 17.5 Å². The number of hydrogen-bond acceptors (Lipinski definition) is 2. The van der Waals surface area contributed by atoms with Gasteiger partial charge in [-0.25, -0.2) is 0 Å². The van der Waals surface area contributed by atoms with Crippen molar-refractivity contribution in [2.24, 2.45) is 0 Å². The van der Waals surface area contributed by atoms with E-state index < -0.39 is 9.96 Å². The Hall–Kier alpha value is -0.000000000000000111. The Balaban J connectivity index is 2.70. The molecule has 0 spiro atoms. The van der Waals surface area contributed by atoms with Gasteiger partial charge in [-0.3, -0.25) is 10.1 Å². The fourth-order valence-electron chi connectivity index (χ4n) is 1.24. The molecule has 1 aromatic heterocycles. The average molecular weight is 317 g/mol. The third-order valence-corrected chi connectivity index (χ3v) is 3.54. The summed E-state index contributed by atoms with van der Waals surface area (Å²) in [4.78, 5) is 12.4. The summed E-state index contributed by atoms with van der Waals surface area (Å²) >= 11 is 18.9. The average Bonchev–Trinajstić information content (AvgIpc) is 2.66. The van der Waals surface area contributed by atoms with E-state index in [0.717, 1.165) is 0 Å². The van der Waals surface area contributed by atoms with E-state index in [0.29, 0.717) is 4.88 Å². The van der Waals surface area contributed by atoms with E-state index in [4.69, 9.17) is 34.8 Å². The molecule has 0 unspecified atom stereocenters. The molecule has 1 atom stereocenters. The molecular weight excluding hydrogens is 303 g/mol. The van der Waals surface area contributed by atoms with E-state index in [2.05, 4.69) is 5.32 Å². The van der Waals surface area contributed by atoms with Crippen LogP contribution in [0.2, 0.25) is 0 Å². The fraction of sp³-hybridized carbons (Fsp3) is 0.500. The number of amides is 1. The summed E-state index contributed by atoms with van der Waals surface area (Å²) in [6, 6.07) is 3.74. The Kier molecular flexibility index (Phi) is 5.54. The van der Waals surface area contributed by atoms with Crippen molar-refractivity contribution in [3.8, 4) is 0 Å². The SMILES string of the molecule is CC(C)[NH2+][C@H](NC(=O)c1cccs1)C(Cl)(Cl)Cl. The van der Waals surface area contributed by atoms with E-state index in [1.165, 1.54) is 11.3 Å². The maximum Gasteiger partial charge on any atom is 0.265 e. The summed E-state index contributed by atoms with van der Waals surface area (Å²) in [5.41, 5.74) is 0. The predicted molar refractivity (Wildman–Crippen MR) is 72.9 cm³/mol. The first-order valence-electron chi connectivity index (χ1n) is 5.06. The fourth-order valence-corrected chi connectivity index (χ4v) is 2.25. The second-order valence-corrected chi connectivity index (χ2v) is 7.22. The largest absolute Gasteiger partial charge is 0.321 e. The highest BCUT2D eigenvalue weighted by Crippen LogP contribution is 2.27. The molecule has 0 aliphatic heterocycles. The van der Waals surface area contributed by atoms with Crippen LogP contribution in [0, 0.1) is 0 Å². The lowest BCUT2D eigenvalue weighted by molar-refractivity contribution is -0.717. The van der Waals surface area contributed by atoms with E-state index in [-0.39, 0.29) is 11.9 Å². The van der Waals surface area contributed by atoms with Gasteiger partial charge in [-0.1, -0.05) is 40.9 Å². The molecule has 0 aliphatic carbocycles. The van der Waals surface area contributed by atoms with Crippen LogP contribution in [0.1, 0.15) is 23.5 Å². The quantitative estimate of drug-likeness (QED) is 0.649. The Bertz CT molecular complexity index is 362. The van der Waals surface area contributed by atoms with Crippen molar-refractivity contribution in [2.75, 3.05) is 0 Å². The second-order valence-electron chi connectivity index (χ2n) is 3.91. The van der Waals surface area contributed by atoms with Gasteiger partial charge in [0.25, 0.3) is 9.70 Å². The van der Waals surface area contributed by atoms with Crippen LogP contribution >= 0.6 is 46.1 Å². The predicted octanol–water partition coefficient (Wildman–Crippen LogP) is 2.15. The number of carbonyl (C=O) groups is 1. The van der Waals surface area contributed by atoms with Gasteiger partial charge >= 0.3 is 0 Å². The van der Waals surface area contributed by atoms with Crippen LogP contribution in [-0.2, 0) is 0 Å². The molecule has 1 aromatic rings. The molecular formula is C10H14Cl3N2OS+. The Morgan fingerprint density at radius 1 is 1.47 bits per heavy atom. The number of nitrogens with two attached hydrogens (primary N) is 1. The van der Waals surface area contributed by atoms with Gasteiger partial charge < -0.3 is 5.32 Å². The van der Waals surface area contributed by atoms with Crippen LogP contribution in [0.4, 0.5) is 0 Å². The van der Waals surface area contributed by atoms with Crippen molar-refractivity contribution in [1.82, 2.24) is 5.32 Å². The van der Waals surface area contributed by atoms with Gasteiger partial charge in [0.15, 0.2) is 0 Å². The summed E-state index contributed by atoms with van der Waals surface area (Å²) in [7, 11) is 0. The van der Waals surface area contributed by atoms with E-state index >= 15 is 0 Å². The minimum absolute atomic E-state index is 0.208. The summed E-state index contributed by atoms with van der Waals surface area (Å²) in [5, 5.41) is 6.34. The minimum Gasteiger partial charge on any atom is -0.321 e. The Labute approximate surface area is 119 Å². The highest BCUT2D eigenvalue weighted by molar-refractivity contribution is 7.12. The molecule has 1 amide bonds. The molecule has 0 radical (unpaired) electrons. The number of rotatable bonds is 4. The third kappa shape index (κ3) is 5.02. The van der Waals surface area contributed by atoms with Crippen molar-refractivity contribution in [2.45, 2.75) is 29.8 Å². The first-order chi connectivity index (χ1) is 7.80. The molecule has 0 aromatic carbocycles. The molecule has 7 heteroatoms. The molecule has 0 saturated carbocycles. The van der Waals surface area contributed by atoms with Gasteiger partial charge in [-0.2, -0.15) is 0 Å². The highest BCUT2D eigenvalue weighted by atomic mass is 35.6. The monoisotopic (exact) mass is 315 g/mol. The van der Waals surface area contributed by atoms with Crippen LogP contribution in [0.25, 0.3) is 0 Å². The van der Waals surface area contributed by atoms with E-state index in [1.807, 2.05) is 19.2 Å². The molecule has 3 nitrogen and oxygen atoms in total. The number of thiophene rings is 1. The zero-order valence-electron chi connectivity index (χ0n) is 9.41. The second kappa shape index (κ2) is 6.25. The smallest absolute Gasteiger partial charge is 0.265 e. The number of carbonyl (C=O) groups excluding carboxylic acids is 1. The minimum atomic E-state index is -1.54. The lowest BCUT2D eigenvalue weighted by atomic mass is 10.3. The molecule has 1 heterocycles. The van der Waals surface area contributed by atoms with Crippen LogP contribution in [0.5, 0.6) is 0 Å². The summed E-state index contributed by atoms with van der Waals surface area (Å²) in [5.74, 6) is -0.228. The van der Waals surface area contributed by atoms with Gasteiger partial charge in [-0.15, -0.1) is 11.3 Å². The normalized spacial score (nSPS) is 13.8. The number of nitrogens with one attached hydrogen (secondary N) is 1. The number of halogens is 3. The number of hydrogen-bond donors (Lipinski definition) is 2. The van der Waals surface area contributed by atoms with Gasteiger partial charge in [0.2, 0.25) is 6.17 Å². The summed E-state index contributed by atoms with van der Waals surface area (Å²) in [6.07, 6.45) is -0.609. The summed E-state index contributed by atoms with van der Waals surface area (Å²) < 4.78 is -1.54. The Morgan fingerprint density at radius 2 is 2.12 bits per heavy atom. The van der Waals surface area contributed by atoms with Crippen molar-refractivity contribution in [3.05, 3.63) is 22.4 Å². The van der Waals surface area contributed by atoms with Gasteiger partial charge in [0.05, 0.1) is 10.9 Å².